The number of rotatable bonds is 6. The molecule has 1 aromatic heterocycles. The topological polar surface area (TPSA) is 86.4 Å². The molecule has 3 amide bonds. The Bertz CT molecular complexity index is 847. The van der Waals surface area contributed by atoms with Gasteiger partial charge >= 0.3 is 6.03 Å². The zero-order chi connectivity index (χ0) is 20.6. The average molecular weight is 396 g/mol. The fourth-order valence-electron chi connectivity index (χ4n) is 3.40. The van der Waals surface area contributed by atoms with E-state index in [-0.39, 0.29) is 18.0 Å². The van der Waals surface area contributed by atoms with Crippen LogP contribution >= 0.6 is 0 Å². The van der Waals surface area contributed by atoms with Gasteiger partial charge in [0.25, 0.3) is 5.91 Å². The van der Waals surface area contributed by atoms with E-state index in [9.17, 15) is 9.59 Å². The molecule has 0 unspecified atom stereocenters. The van der Waals surface area contributed by atoms with E-state index >= 15 is 0 Å². The molecule has 1 aliphatic heterocycles. The van der Waals surface area contributed by atoms with Crippen molar-refractivity contribution in [2.75, 3.05) is 23.3 Å². The molecule has 0 atom stereocenters. The molecule has 3 N–H and O–H groups in total. The maximum atomic E-state index is 12.6. The molecule has 2 aromatic rings. The molecule has 7 nitrogen and oxygen atoms in total. The number of pyridine rings is 1. The number of carbonyl (C=O) groups is 2. The van der Waals surface area contributed by atoms with E-state index in [0.717, 1.165) is 24.5 Å². The monoisotopic (exact) mass is 395 g/mol. The second-order valence-electron chi connectivity index (χ2n) is 7.55. The number of benzene rings is 1. The second kappa shape index (κ2) is 9.91. The quantitative estimate of drug-likeness (QED) is 0.698. The summed E-state index contributed by atoms with van der Waals surface area (Å²) in [7, 11) is 0. The van der Waals surface area contributed by atoms with Crippen LogP contribution in [0.1, 0.15) is 49.0 Å². The fourth-order valence-corrected chi connectivity index (χ4v) is 3.40. The van der Waals surface area contributed by atoms with E-state index in [2.05, 4.69) is 25.8 Å². The molecular weight excluding hydrogens is 366 g/mol. The van der Waals surface area contributed by atoms with E-state index in [4.69, 9.17) is 0 Å². The van der Waals surface area contributed by atoms with Crippen LogP contribution in [0.25, 0.3) is 0 Å². The number of aromatic nitrogens is 1. The minimum Gasteiger partial charge on any atom is -0.356 e. The van der Waals surface area contributed by atoms with Crippen molar-refractivity contribution in [3.63, 3.8) is 0 Å². The van der Waals surface area contributed by atoms with E-state index in [1.165, 1.54) is 19.3 Å². The summed E-state index contributed by atoms with van der Waals surface area (Å²) in [5.41, 5.74) is 2.08. The first-order valence-corrected chi connectivity index (χ1v) is 10.2. The Morgan fingerprint density at radius 2 is 1.90 bits per heavy atom. The molecule has 0 spiro atoms. The molecule has 0 saturated carbocycles. The van der Waals surface area contributed by atoms with Crippen molar-refractivity contribution in [1.82, 2.24) is 15.6 Å². The lowest BCUT2D eigenvalue weighted by atomic mass is 10.1. The van der Waals surface area contributed by atoms with Crippen LogP contribution in [0.2, 0.25) is 0 Å². The number of anilines is 2. The summed E-state index contributed by atoms with van der Waals surface area (Å²) in [4.78, 5) is 31.4. The molecule has 7 heteroatoms. The van der Waals surface area contributed by atoms with Crippen molar-refractivity contribution in [2.45, 2.75) is 45.7 Å². The summed E-state index contributed by atoms with van der Waals surface area (Å²) in [5.74, 6) is 0.764. The lowest BCUT2D eigenvalue weighted by Crippen LogP contribution is -2.34. The number of nitrogens with zero attached hydrogens (tertiary/aromatic N) is 2. The van der Waals surface area contributed by atoms with Gasteiger partial charge in [-0.2, -0.15) is 0 Å². The van der Waals surface area contributed by atoms with Crippen LogP contribution in [0.5, 0.6) is 0 Å². The largest absolute Gasteiger partial charge is 0.356 e. The number of hydrogen-bond donors (Lipinski definition) is 3. The molecule has 2 heterocycles. The zero-order valence-electron chi connectivity index (χ0n) is 17.1. The number of nitrogens with one attached hydrogen (secondary N) is 3. The summed E-state index contributed by atoms with van der Waals surface area (Å²) in [6.07, 6.45) is 5.40. The van der Waals surface area contributed by atoms with Crippen LogP contribution in [0.15, 0.2) is 42.6 Å². The molecule has 1 aliphatic rings. The van der Waals surface area contributed by atoms with E-state index in [1.54, 1.807) is 30.5 Å². The molecule has 1 saturated heterocycles. The Balaban J connectivity index is 1.63. The van der Waals surface area contributed by atoms with Gasteiger partial charge < -0.3 is 20.9 Å². The van der Waals surface area contributed by atoms with Crippen LogP contribution in [0.3, 0.4) is 0 Å². The highest BCUT2D eigenvalue weighted by atomic mass is 16.2. The first kappa shape index (κ1) is 20.6. The van der Waals surface area contributed by atoms with Crippen molar-refractivity contribution < 1.29 is 9.59 Å². The van der Waals surface area contributed by atoms with Crippen LogP contribution < -0.4 is 20.9 Å². The molecule has 0 radical (unpaired) electrons. The van der Waals surface area contributed by atoms with Gasteiger partial charge in [-0.05, 0) is 57.4 Å². The van der Waals surface area contributed by atoms with Crippen LogP contribution in [-0.2, 0) is 6.54 Å². The number of amides is 3. The number of hydrogen-bond acceptors (Lipinski definition) is 4. The Morgan fingerprint density at radius 3 is 2.66 bits per heavy atom. The van der Waals surface area contributed by atoms with Gasteiger partial charge in [0.1, 0.15) is 5.82 Å². The van der Waals surface area contributed by atoms with Gasteiger partial charge in [-0.15, -0.1) is 0 Å². The third kappa shape index (κ3) is 5.94. The van der Waals surface area contributed by atoms with Crippen LogP contribution in [0, 0.1) is 0 Å². The normalized spacial score (nSPS) is 13.8. The molecule has 0 bridgehead atoms. The van der Waals surface area contributed by atoms with E-state index < -0.39 is 0 Å². The van der Waals surface area contributed by atoms with E-state index in [1.807, 2.05) is 26.0 Å². The number of piperidine rings is 1. The second-order valence-corrected chi connectivity index (χ2v) is 7.55. The fraction of sp³-hybridized carbons (Fsp3) is 0.409. The molecule has 3 rings (SSSR count). The Morgan fingerprint density at radius 1 is 1.10 bits per heavy atom. The van der Waals surface area contributed by atoms with Crippen molar-refractivity contribution in [3.8, 4) is 0 Å². The number of urea groups is 1. The minimum absolute atomic E-state index is 0.0371. The van der Waals surface area contributed by atoms with Gasteiger partial charge in [0.15, 0.2) is 0 Å². The standard InChI is InChI=1S/C22H29N5O2/c1-16(2)25-22(29)26-19-10-6-8-17(14-19)21(28)24-15-18-9-7-11-23-20(18)27-12-4-3-5-13-27/h6-11,14,16H,3-5,12-13,15H2,1-2H3,(H,24,28)(H2,25,26,29). The SMILES string of the molecule is CC(C)NC(=O)Nc1cccc(C(=O)NCc2cccnc2N2CCCCC2)c1. The predicted molar refractivity (Wildman–Crippen MR) is 115 cm³/mol. The highest BCUT2D eigenvalue weighted by molar-refractivity contribution is 5.96. The summed E-state index contributed by atoms with van der Waals surface area (Å²) >= 11 is 0. The highest BCUT2D eigenvalue weighted by Crippen LogP contribution is 2.21. The summed E-state index contributed by atoms with van der Waals surface area (Å²) in [6, 6.07) is 10.6. The van der Waals surface area contributed by atoms with Crippen LogP contribution in [-0.4, -0.2) is 36.1 Å². The van der Waals surface area contributed by atoms with Gasteiger partial charge in [0, 0.05) is 48.7 Å². The zero-order valence-corrected chi connectivity index (χ0v) is 17.1. The highest BCUT2D eigenvalue weighted by Gasteiger charge is 2.16. The summed E-state index contributed by atoms with van der Waals surface area (Å²) in [5, 5.41) is 8.48. The van der Waals surface area contributed by atoms with Gasteiger partial charge in [-0.1, -0.05) is 12.1 Å². The maximum Gasteiger partial charge on any atom is 0.319 e. The van der Waals surface area contributed by atoms with Crippen molar-refractivity contribution >= 4 is 23.4 Å². The van der Waals surface area contributed by atoms with Crippen molar-refractivity contribution in [3.05, 3.63) is 53.7 Å². The first-order valence-electron chi connectivity index (χ1n) is 10.2. The van der Waals surface area contributed by atoms with Gasteiger partial charge in [0.05, 0.1) is 0 Å². The minimum atomic E-state index is -0.293. The van der Waals surface area contributed by atoms with Gasteiger partial charge in [-0.3, -0.25) is 4.79 Å². The molecular formula is C22H29N5O2. The van der Waals surface area contributed by atoms with E-state index in [0.29, 0.717) is 17.8 Å². The number of carbonyl (C=O) groups excluding carboxylic acids is 2. The molecule has 1 fully saturated rings. The maximum absolute atomic E-state index is 12.6. The third-order valence-corrected chi connectivity index (χ3v) is 4.76. The predicted octanol–water partition coefficient (Wildman–Crippen LogP) is 3.53. The summed E-state index contributed by atoms with van der Waals surface area (Å²) in [6.45, 7) is 6.19. The molecule has 29 heavy (non-hydrogen) atoms. The summed E-state index contributed by atoms with van der Waals surface area (Å²) < 4.78 is 0. The lowest BCUT2D eigenvalue weighted by Gasteiger charge is -2.29. The third-order valence-electron chi connectivity index (χ3n) is 4.76. The molecule has 1 aromatic carbocycles. The van der Waals surface area contributed by atoms with Gasteiger partial charge in [0.2, 0.25) is 0 Å². The van der Waals surface area contributed by atoms with Crippen molar-refractivity contribution in [2.24, 2.45) is 0 Å². The van der Waals surface area contributed by atoms with Crippen LogP contribution in [0.4, 0.5) is 16.3 Å². The Labute approximate surface area is 171 Å². The smallest absolute Gasteiger partial charge is 0.319 e. The molecule has 154 valence electrons. The average Bonchev–Trinajstić information content (AvgIpc) is 2.72. The lowest BCUT2D eigenvalue weighted by molar-refractivity contribution is 0.0951. The van der Waals surface area contributed by atoms with Gasteiger partial charge in [-0.25, -0.2) is 9.78 Å². The molecule has 0 aliphatic carbocycles. The first-order chi connectivity index (χ1) is 14.0. The van der Waals surface area contributed by atoms with Crippen molar-refractivity contribution in [1.29, 1.82) is 0 Å². The Kier molecular flexibility index (Phi) is 7.05. The Hall–Kier alpha value is -3.09.